The molecule has 36 heavy (non-hydrogen) atoms. The van der Waals surface area contributed by atoms with Gasteiger partial charge in [0.05, 0.1) is 0 Å². The molecule has 3 aromatic rings. The fourth-order valence-corrected chi connectivity index (χ4v) is 5.12. The predicted octanol–water partition coefficient (Wildman–Crippen LogP) is 3.76. The molecule has 2 aliphatic rings. The van der Waals surface area contributed by atoms with E-state index in [0.717, 1.165) is 24.0 Å². The molecule has 2 aliphatic heterocycles. The lowest BCUT2D eigenvalue weighted by Gasteiger charge is -2.32. The fraction of sp³-hybridized carbons (Fsp3) is 0.370. The number of imide groups is 1. The van der Waals surface area contributed by atoms with Gasteiger partial charge in [0.15, 0.2) is 0 Å². The third kappa shape index (κ3) is 4.04. The number of rotatable bonds is 5. The Morgan fingerprint density at radius 3 is 2.36 bits per heavy atom. The van der Waals surface area contributed by atoms with Crippen molar-refractivity contribution in [3.05, 3.63) is 71.1 Å². The number of hydrogen-bond donors (Lipinski definition) is 2. The second kappa shape index (κ2) is 9.22. The van der Waals surface area contributed by atoms with Crippen molar-refractivity contribution in [2.24, 2.45) is 5.92 Å². The Morgan fingerprint density at radius 2 is 1.75 bits per heavy atom. The molecule has 0 saturated carbocycles. The SMILES string of the molecule is Cc1ccccc1-c1nnc(C2CCN(C(=O)c3ccc(C4(C(C)C)NC(=O)NC4=O)cc3)CC2)o1. The molecule has 1 atom stereocenters. The van der Waals surface area contributed by atoms with Gasteiger partial charge in [0.25, 0.3) is 11.8 Å². The zero-order chi connectivity index (χ0) is 25.4. The summed E-state index contributed by atoms with van der Waals surface area (Å²) in [5, 5.41) is 13.6. The second-order valence-electron chi connectivity index (χ2n) is 9.78. The van der Waals surface area contributed by atoms with Gasteiger partial charge in [-0.25, -0.2) is 4.79 Å². The number of amides is 4. The van der Waals surface area contributed by atoms with Crippen molar-refractivity contribution in [1.29, 1.82) is 0 Å². The van der Waals surface area contributed by atoms with Gasteiger partial charge in [0, 0.05) is 30.1 Å². The molecule has 1 unspecified atom stereocenters. The number of nitrogens with zero attached hydrogens (tertiary/aromatic N) is 3. The molecule has 0 radical (unpaired) electrons. The monoisotopic (exact) mass is 487 g/mol. The molecule has 5 rings (SSSR count). The number of aryl methyl sites for hydroxylation is 1. The van der Waals surface area contributed by atoms with Crippen molar-refractivity contribution in [2.45, 2.75) is 45.1 Å². The van der Waals surface area contributed by atoms with Crippen LogP contribution < -0.4 is 10.6 Å². The quantitative estimate of drug-likeness (QED) is 0.529. The van der Waals surface area contributed by atoms with Gasteiger partial charge in [0.1, 0.15) is 5.54 Å². The minimum absolute atomic E-state index is 0.0652. The largest absolute Gasteiger partial charge is 0.420 e. The van der Waals surface area contributed by atoms with Crippen LogP contribution in [0.3, 0.4) is 0 Å². The number of carbonyl (C=O) groups is 3. The Balaban J connectivity index is 1.25. The van der Waals surface area contributed by atoms with Gasteiger partial charge in [-0.15, -0.1) is 10.2 Å². The van der Waals surface area contributed by atoms with Gasteiger partial charge < -0.3 is 14.6 Å². The lowest BCUT2D eigenvalue weighted by molar-refractivity contribution is -0.125. The summed E-state index contributed by atoms with van der Waals surface area (Å²) < 4.78 is 5.99. The number of aromatic nitrogens is 2. The number of urea groups is 1. The highest BCUT2D eigenvalue weighted by atomic mass is 16.4. The second-order valence-corrected chi connectivity index (χ2v) is 9.78. The Bertz CT molecular complexity index is 1310. The van der Waals surface area contributed by atoms with Crippen molar-refractivity contribution < 1.29 is 18.8 Å². The molecule has 0 aliphatic carbocycles. The van der Waals surface area contributed by atoms with E-state index in [1.54, 1.807) is 24.3 Å². The summed E-state index contributed by atoms with van der Waals surface area (Å²) in [5.41, 5.74) is 2.06. The van der Waals surface area contributed by atoms with Crippen molar-refractivity contribution in [2.75, 3.05) is 13.1 Å². The molecule has 0 spiro atoms. The van der Waals surface area contributed by atoms with Crippen LogP contribution in [0.25, 0.3) is 11.5 Å². The van der Waals surface area contributed by atoms with Crippen LogP contribution in [0, 0.1) is 12.8 Å². The highest BCUT2D eigenvalue weighted by Crippen LogP contribution is 2.34. The number of carbonyl (C=O) groups excluding carboxylic acids is 3. The summed E-state index contributed by atoms with van der Waals surface area (Å²) in [5.74, 6) is 0.631. The number of likely N-dealkylation sites (tertiary alicyclic amines) is 1. The van der Waals surface area contributed by atoms with Gasteiger partial charge >= 0.3 is 6.03 Å². The normalized spacial score (nSPS) is 20.5. The maximum absolute atomic E-state index is 13.2. The van der Waals surface area contributed by atoms with Crippen LogP contribution in [0.15, 0.2) is 52.9 Å². The van der Waals surface area contributed by atoms with E-state index in [0.29, 0.717) is 36.0 Å². The number of nitrogens with one attached hydrogen (secondary N) is 2. The average Bonchev–Trinajstić information content (AvgIpc) is 3.49. The van der Waals surface area contributed by atoms with Crippen molar-refractivity contribution >= 4 is 17.8 Å². The highest BCUT2D eigenvalue weighted by molar-refractivity contribution is 6.07. The summed E-state index contributed by atoms with van der Waals surface area (Å²) in [4.78, 5) is 39.4. The van der Waals surface area contributed by atoms with E-state index >= 15 is 0 Å². The molecule has 4 amide bonds. The molecule has 1 aromatic heterocycles. The maximum atomic E-state index is 13.2. The molecule has 9 heteroatoms. The lowest BCUT2D eigenvalue weighted by atomic mass is 9.79. The summed E-state index contributed by atoms with van der Waals surface area (Å²) in [6, 6.07) is 14.3. The summed E-state index contributed by atoms with van der Waals surface area (Å²) in [6.07, 6.45) is 1.48. The topological polar surface area (TPSA) is 117 Å². The molecule has 2 fully saturated rings. The lowest BCUT2D eigenvalue weighted by Crippen LogP contribution is -2.48. The number of benzene rings is 2. The van der Waals surface area contributed by atoms with Crippen LogP contribution in [0.2, 0.25) is 0 Å². The summed E-state index contributed by atoms with van der Waals surface area (Å²) in [7, 11) is 0. The molecule has 9 nitrogen and oxygen atoms in total. The van der Waals surface area contributed by atoms with Crippen molar-refractivity contribution in [3.8, 4) is 11.5 Å². The first-order chi connectivity index (χ1) is 17.3. The molecule has 2 N–H and O–H groups in total. The molecular weight excluding hydrogens is 458 g/mol. The van der Waals surface area contributed by atoms with Crippen LogP contribution in [-0.4, -0.2) is 46.0 Å². The van der Waals surface area contributed by atoms with Gasteiger partial charge in [-0.3, -0.25) is 14.9 Å². The summed E-state index contributed by atoms with van der Waals surface area (Å²) >= 11 is 0. The number of piperidine rings is 1. The minimum Gasteiger partial charge on any atom is -0.420 e. The first-order valence-corrected chi connectivity index (χ1v) is 12.2. The zero-order valence-corrected chi connectivity index (χ0v) is 20.6. The van der Waals surface area contributed by atoms with E-state index in [2.05, 4.69) is 20.8 Å². The van der Waals surface area contributed by atoms with E-state index in [9.17, 15) is 14.4 Å². The Hall–Kier alpha value is -4.01. The smallest absolute Gasteiger partial charge is 0.322 e. The molecule has 2 aromatic carbocycles. The van der Waals surface area contributed by atoms with Gasteiger partial charge in [-0.2, -0.15) is 0 Å². The van der Waals surface area contributed by atoms with Crippen LogP contribution >= 0.6 is 0 Å². The molecule has 2 saturated heterocycles. The van der Waals surface area contributed by atoms with Gasteiger partial charge in [0.2, 0.25) is 11.8 Å². The van der Waals surface area contributed by atoms with Crippen LogP contribution in [-0.2, 0) is 10.3 Å². The maximum Gasteiger partial charge on any atom is 0.322 e. The molecule has 0 bridgehead atoms. The Labute approximate surface area is 209 Å². The first kappa shape index (κ1) is 23.7. The van der Waals surface area contributed by atoms with Crippen LogP contribution in [0.5, 0.6) is 0 Å². The molecule has 3 heterocycles. The fourth-order valence-electron chi connectivity index (χ4n) is 5.12. The Morgan fingerprint density at radius 1 is 1.06 bits per heavy atom. The molecule has 186 valence electrons. The van der Waals surface area contributed by atoms with E-state index in [1.807, 2.05) is 49.9 Å². The zero-order valence-electron chi connectivity index (χ0n) is 20.6. The highest BCUT2D eigenvalue weighted by Gasteiger charge is 2.50. The number of hydrogen-bond acceptors (Lipinski definition) is 6. The van der Waals surface area contributed by atoms with Crippen molar-refractivity contribution in [1.82, 2.24) is 25.7 Å². The molecular formula is C27H29N5O4. The van der Waals surface area contributed by atoms with E-state index in [-0.39, 0.29) is 23.7 Å². The summed E-state index contributed by atoms with van der Waals surface area (Å²) in [6.45, 7) is 6.93. The minimum atomic E-state index is -1.14. The van der Waals surface area contributed by atoms with E-state index in [1.165, 1.54) is 0 Å². The predicted molar refractivity (Wildman–Crippen MR) is 132 cm³/mol. The first-order valence-electron chi connectivity index (χ1n) is 12.2. The Kier molecular flexibility index (Phi) is 6.07. The van der Waals surface area contributed by atoms with Gasteiger partial charge in [-0.05, 0) is 55.0 Å². The van der Waals surface area contributed by atoms with Gasteiger partial charge in [-0.1, -0.05) is 44.2 Å². The van der Waals surface area contributed by atoms with E-state index < -0.39 is 11.6 Å². The van der Waals surface area contributed by atoms with Crippen LogP contribution in [0.4, 0.5) is 4.79 Å². The van der Waals surface area contributed by atoms with Crippen molar-refractivity contribution in [3.63, 3.8) is 0 Å². The third-order valence-electron chi connectivity index (χ3n) is 7.30. The average molecular weight is 488 g/mol. The van der Waals surface area contributed by atoms with E-state index in [4.69, 9.17) is 4.42 Å². The third-order valence-corrected chi connectivity index (χ3v) is 7.30. The van der Waals surface area contributed by atoms with Crippen LogP contribution in [0.1, 0.15) is 60.0 Å². The standard InChI is InChI=1S/C27H29N5O4/c1-16(2)27(25(34)28-26(35)29-27)20-10-8-19(9-11-20)24(33)32-14-12-18(13-15-32)22-30-31-23(36-22)21-7-5-4-6-17(21)3/h4-11,16,18H,12-15H2,1-3H3,(H2,28,29,34,35).